The normalized spacial score (nSPS) is 13.0. The lowest BCUT2D eigenvalue weighted by atomic mass is 10.0. The minimum atomic E-state index is -0.197. The highest BCUT2D eigenvalue weighted by Gasteiger charge is 2.12. The fraction of sp³-hybridized carbons (Fsp3) is 0.400. The Morgan fingerprint density at radius 2 is 1.92 bits per heavy atom. The second-order valence-corrected chi connectivity index (χ2v) is 3.74. The van der Waals surface area contributed by atoms with Gasteiger partial charge in [0, 0.05) is 16.6 Å². The van der Waals surface area contributed by atoms with Crippen molar-refractivity contribution in [1.29, 1.82) is 0 Å². The average molecular weight is 200 g/mol. The maximum absolute atomic E-state index is 9.73. The zero-order valence-corrected chi connectivity index (χ0v) is 8.81. The molecule has 1 rings (SSSR count). The van der Waals surface area contributed by atoms with Gasteiger partial charge >= 0.3 is 0 Å². The van der Waals surface area contributed by atoms with Gasteiger partial charge in [-0.25, -0.2) is 0 Å². The van der Waals surface area contributed by atoms with Crippen molar-refractivity contribution in [3.05, 3.63) is 27.8 Å². The molecule has 72 valence electrons. The van der Waals surface area contributed by atoms with Crippen molar-refractivity contribution in [2.45, 2.75) is 26.8 Å². The van der Waals surface area contributed by atoms with E-state index in [2.05, 4.69) is 0 Å². The number of phenols is 1. The van der Waals surface area contributed by atoms with Crippen molar-refractivity contribution in [3.63, 3.8) is 0 Å². The van der Waals surface area contributed by atoms with E-state index in [9.17, 15) is 5.11 Å². The molecule has 0 aliphatic heterocycles. The number of halogens is 1. The highest BCUT2D eigenvalue weighted by molar-refractivity contribution is 6.31. The van der Waals surface area contributed by atoms with Gasteiger partial charge in [0.1, 0.15) is 5.75 Å². The molecule has 1 aromatic carbocycles. The zero-order chi connectivity index (χ0) is 10.2. The molecule has 0 saturated heterocycles. The lowest BCUT2D eigenvalue weighted by Gasteiger charge is -2.13. The van der Waals surface area contributed by atoms with Gasteiger partial charge in [0.15, 0.2) is 0 Å². The van der Waals surface area contributed by atoms with Crippen molar-refractivity contribution in [1.82, 2.24) is 0 Å². The van der Waals surface area contributed by atoms with Crippen LogP contribution in [0.5, 0.6) is 5.75 Å². The van der Waals surface area contributed by atoms with E-state index < -0.39 is 0 Å². The topological polar surface area (TPSA) is 46.2 Å². The molecule has 0 fully saturated rings. The monoisotopic (exact) mass is 199 g/mol. The molecule has 0 heterocycles. The minimum Gasteiger partial charge on any atom is -0.507 e. The smallest absolute Gasteiger partial charge is 0.123 e. The third kappa shape index (κ3) is 1.79. The van der Waals surface area contributed by atoms with E-state index in [1.165, 1.54) is 0 Å². The van der Waals surface area contributed by atoms with Gasteiger partial charge in [0.25, 0.3) is 0 Å². The van der Waals surface area contributed by atoms with Crippen LogP contribution in [0.3, 0.4) is 0 Å². The zero-order valence-electron chi connectivity index (χ0n) is 8.06. The highest BCUT2D eigenvalue weighted by atomic mass is 35.5. The molecular formula is C10H14ClNO. The summed E-state index contributed by atoms with van der Waals surface area (Å²) in [6, 6.07) is 1.53. The molecular weight excluding hydrogens is 186 g/mol. The summed E-state index contributed by atoms with van der Waals surface area (Å²) < 4.78 is 0. The van der Waals surface area contributed by atoms with Crippen LogP contribution in [0.1, 0.15) is 29.7 Å². The van der Waals surface area contributed by atoms with Crippen molar-refractivity contribution in [2.24, 2.45) is 5.73 Å². The quantitative estimate of drug-likeness (QED) is 0.731. The molecule has 3 N–H and O–H groups in total. The van der Waals surface area contributed by atoms with Crippen LogP contribution in [0.2, 0.25) is 5.02 Å². The van der Waals surface area contributed by atoms with Crippen LogP contribution in [0, 0.1) is 13.8 Å². The molecule has 0 amide bonds. The van der Waals surface area contributed by atoms with E-state index in [1.807, 2.05) is 20.8 Å². The first-order chi connectivity index (χ1) is 5.95. The van der Waals surface area contributed by atoms with Gasteiger partial charge in [-0.15, -0.1) is 0 Å². The largest absolute Gasteiger partial charge is 0.507 e. The lowest BCUT2D eigenvalue weighted by molar-refractivity contribution is 0.459. The van der Waals surface area contributed by atoms with Crippen LogP contribution in [0.15, 0.2) is 6.07 Å². The Morgan fingerprint density at radius 3 is 2.38 bits per heavy atom. The second-order valence-electron chi connectivity index (χ2n) is 3.33. The SMILES string of the molecule is Cc1c(Cl)cc([C@@H](C)N)c(O)c1C. The Bertz CT molecular complexity index is 334. The van der Waals surface area contributed by atoms with Gasteiger partial charge in [0.05, 0.1) is 0 Å². The number of benzene rings is 1. The van der Waals surface area contributed by atoms with Crippen LogP contribution < -0.4 is 5.73 Å². The van der Waals surface area contributed by atoms with E-state index in [4.69, 9.17) is 17.3 Å². The second kappa shape index (κ2) is 3.56. The Labute approximate surface area is 83.3 Å². The van der Waals surface area contributed by atoms with Crippen molar-refractivity contribution < 1.29 is 5.11 Å². The molecule has 13 heavy (non-hydrogen) atoms. The van der Waals surface area contributed by atoms with Gasteiger partial charge < -0.3 is 10.8 Å². The van der Waals surface area contributed by atoms with Gasteiger partial charge in [-0.1, -0.05) is 11.6 Å². The number of nitrogens with two attached hydrogens (primary N) is 1. The summed E-state index contributed by atoms with van der Waals surface area (Å²) in [5.74, 6) is 0.261. The maximum atomic E-state index is 9.73. The summed E-state index contributed by atoms with van der Waals surface area (Å²) in [5.41, 5.74) is 8.10. The molecule has 0 unspecified atom stereocenters. The lowest BCUT2D eigenvalue weighted by Crippen LogP contribution is -2.06. The van der Waals surface area contributed by atoms with Crippen molar-refractivity contribution >= 4 is 11.6 Å². The summed E-state index contributed by atoms with van der Waals surface area (Å²) >= 11 is 5.97. The number of hydrogen-bond acceptors (Lipinski definition) is 2. The number of phenolic OH excluding ortho intramolecular Hbond substituents is 1. The van der Waals surface area contributed by atoms with E-state index in [-0.39, 0.29) is 11.8 Å². The Hall–Kier alpha value is -0.730. The first-order valence-corrected chi connectivity index (χ1v) is 4.57. The summed E-state index contributed by atoms with van der Waals surface area (Å²) in [6.07, 6.45) is 0. The molecule has 0 saturated carbocycles. The van der Waals surface area contributed by atoms with E-state index in [0.29, 0.717) is 10.6 Å². The summed E-state index contributed by atoms with van der Waals surface area (Å²) in [6.45, 7) is 5.53. The molecule has 0 aliphatic rings. The molecule has 0 radical (unpaired) electrons. The Morgan fingerprint density at radius 1 is 1.38 bits per heavy atom. The van der Waals surface area contributed by atoms with Gasteiger partial charge in [0.2, 0.25) is 0 Å². The first kappa shape index (κ1) is 10.4. The summed E-state index contributed by atoms with van der Waals surface area (Å²) in [5, 5.41) is 10.4. The number of rotatable bonds is 1. The van der Waals surface area contributed by atoms with Gasteiger partial charge in [-0.2, -0.15) is 0 Å². The van der Waals surface area contributed by atoms with E-state index in [1.54, 1.807) is 6.07 Å². The van der Waals surface area contributed by atoms with Crippen LogP contribution in [0.4, 0.5) is 0 Å². The molecule has 1 aromatic rings. The molecule has 0 spiro atoms. The molecule has 0 aromatic heterocycles. The Kier molecular flexibility index (Phi) is 2.84. The van der Waals surface area contributed by atoms with E-state index in [0.717, 1.165) is 11.1 Å². The predicted molar refractivity (Wildman–Crippen MR) is 55.2 cm³/mol. The van der Waals surface area contributed by atoms with Crippen LogP contribution in [-0.2, 0) is 0 Å². The number of hydrogen-bond donors (Lipinski definition) is 2. The van der Waals surface area contributed by atoms with Gasteiger partial charge in [-0.3, -0.25) is 0 Å². The fourth-order valence-corrected chi connectivity index (χ4v) is 1.49. The van der Waals surface area contributed by atoms with Crippen LogP contribution in [0.25, 0.3) is 0 Å². The minimum absolute atomic E-state index is 0.197. The predicted octanol–water partition coefficient (Wildman–Crippen LogP) is 2.68. The average Bonchev–Trinajstić information content (AvgIpc) is 2.07. The molecule has 0 bridgehead atoms. The number of aromatic hydroxyl groups is 1. The van der Waals surface area contributed by atoms with Gasteiger partial charge in [-0.05, 0) is 38.0 Å². The van der Waals surface area contributed by atoms with Crippen molar-refractivity contribution in [2.75, 3.05) is 0 Å². The summed E-state index contributed by atoms with van der Waals surface area (Å²) in [4.78, 5) is 0. The fourth-order valence-electron chi connectivity index (χ4n) is 1.23. The maximum Gasteiger partial charge on any atom is 0.123 e. The van der Waals surface area contributed by atoms with Crippen LogP contribution in [-0.4, -0.2) is 5.11 Å². The van der Waals surface area contributed by atoms with E-state index >= 15 is 0 Å². The molecule has 1 atom stereocenters. The molecule has 2 nitrogen and oxygen atoms in total. The van der Waals surface area contributed by atoms with Crippen molar-refractivity contribution in [3.8, 4) is 5.75 Å². The Balaban J connectivity index is 3.41. The standard InChI is InChI=1S/C10H14ClNO/c1-5-6(2)10(13)8(7(3)12)4-9(5)11/h4,7,13H,12H2,1-3H3/t7-/m1/s1. The summed E-state index contributed by atoms with van der Waals surface area (Å²) in [7, 11) is 0. The highest BCUT2D eigenvalue weighted by Crippen LogP contribution is 2.33. The third-order valence-corrected chi connectivity index (χ3v) is 2.71. The third-order valence-electron chi connectivity index (χ3n) is 2.32. The molecule has 3 heteroatoms. The van der Waals surface area contributed by atoms with Crippen LogP contribution >= 0.6 is 11.6 Å². The molecule has 0 aliphatic carbocycles. The first-order valence-electron chi connectivity index (χ1n) is 4.19.